The molecule has 9 nitrogen and oxygen atoms in total. The molecule has 0 saturated carbocycles. The number of hydrogen-bond acceptors (Lipinski definition) is 6. The quantitative estimate of drug-likeness (QED) is 0.0209. The summed E-state index contributed by atoms with van der Waals surface area (Å²) in [6.07, 6.45) is 41.0. The van der Waals surface area contributed by atoms with E-state index in [9.17, 15) is 24.5 Å². The highest BCUT2D eigenvalue weighted by molar-refractivity contribution is 7.47. The van der Waals surface area contributed by atoms with Gasteiger partial charge in [0, 0.05) is 6.42 Å². The van der Waals surface area contributed by atoms with Crippen LogP contribution in [0.1, 0.15) is 206 Å². The average molecular weight is 816 g/mol. The SMILES string of the molecule is CCCCC/C=C/CC/C=C/CCCC(O)C(O)C(COP(=O)(O)OCC[N+](C)(C)C)NC(=O)CCCCCCCCCCCCCCCCCCCCCC. The highest BCUT2D eigenvalue weighted by Gasteiger charge is 2.31. The van der Waals surface area contributed by atoms with Crippen LogP contribution < -0.4 is 5.32 Å². The van der Waals surface area contributed by atoms with Crippen LogP contribution in [0.2, 0.25) is 0 Å². The van der Waals surface area contributed by atoms with Crippen molar-refractivity contribution >= 4 is 13.7 Å². The minimum atomic E-state index is -4.42. The molecule has 4 N–H and O–H groups in total. The van der Waals surface area contributed by atoms with Crippen LogP contribution in [0, 0.1) is 0 Å². The Morgan fingerprint density at radius 2 is 1.02 bits per heavy atom. The zero-order valence-corrected chi connectivity index (χ0v) is 38.1. The Kier molecular flexibility index (Phi) is 37.4. The molecule has 0 aliphatic heterocycles. The molecule has 0 aliphatic carbocycles. The normalized spacial score (nSPS) is 15.1. The van der Waals surface area contributed by atoms with Crippen molar-refractivity contribution in [3.05, 3.63) is 24.3 Å². The van der Waals surface area contributed by atoms with Gasteiger partial charge in [-0.15, -0.1) is 0 Å². The van der Waals surface area contributed by atoms with Crippen LogP contribution in [-0.2, 0) is 18.4 Å². The smallest absolute Gasteiger partial charge is 0.390 e. The summed E-state index contributed by atoms with van der Waals surface area (Å²) in [7, 11) is 1.41. The van der Waals surface area contributed by atoms with E-state index in [0.29, 0.717) is 23.9 Å². The Bertz CT molecular complexity index is 987. The molecule has 0 aromatic rings. The van der Waals surface area contributed by atoms with Gasteiger partial charge in [-0.25, -0.2) is 4.57 Å². The van der Waals surface area contributed by atoms with E-state index >= 15 is 0 Å². The van der Waals surface area contributed by atoms with Gasteiger partial charge < -0.3 is 24.9 Å². The first kappa shape index (κ1) is 54.9. The fraction of sp³-hybridized carbons (Fsp3) is 0.891. The van der Waals surface area contributed by atoms with Gasteiger partial charge in [0.2, 0.25) is 5.91 Å². The number of carbonyl (C=O) groups is 1. The summed E-state index contributed by atoms with van der Waals surface area (Å²) < 4.78 is 23.5. The van der Waals surface area contributed by atoms with Crippen molar-refractivity contribution in [1.82, 2.24) is 5.32 Å². The number of carbonyl (C=O) groups excluding carboxylic acids is 1. The number of rotatable bonds is 42. The number of unbranched alkanes of at least 4 members (excludes halogenated alkanes) is 24. The highest BCUT2D eigenvalue weighted by Crippen LogP contribution is 2.43. The van der Waals surface area contributed by atoms with Crippen molar-refractivity contribution in [2.24, 2.45) is 0 Å². The van der Waals surface area contributed by atoms with Gasteiger partial charge in [-0.1, -0.05) is 173 Å². The van der Waals surface area contributed by atoms with E-state index in [4.69, 9.17) is 9.05 Å². The van der Waals surface area contributed by atoms with E-state index in [1.54, 1.807) is 0 Å². The van der Waals surface area contributed by atoms with Crippen LogP contribution in [0.5, 0.6) is 0 Å². The van der Waals surface area contributed by atoms with Crippen LogP contribution in [0.25, 0.3) is 0 Å². The van der Waals surface area contributed by atoms with Gasteiger partial charge >= 0.3 is 7.82 Å². The summed E-state index contributed by atoms with van der Waals surface area (Å²) >= 11 is 0. The number of likely N-dealkylation sites (N-methyl/N-ethyl adjacent to an activating group) is 1. The Hall–Kier alpha value is -1.06. The van der Waals surface area contributed by atoms with Gasteiger partial charge in [0.1, 0.15) is 19.3 Å². The van der Waals surface area contributed by atoms with Crippen molar-refractivity contribution in [3.63, 3.8) is 0 Å². The first-order valence-electron chi connectivity index (χ1n) is 23.3. The summed E-state index contributed by atoms with van der Waals surface area (Å²) in [5.74, 6) is -0.270. The third-order valence-electron chi connectivity index (χ3n) is 10.5. The zero-order valence-electron chi connectivity index (χ0n) is 37.2. The average Bonchev–Trinajstić information content (AvgIpc) is 3.15. The number of allylic oxidation sites excluding steroid dienone is 4. The molecular formula is C46H92N2O7P+. The number of amides is 1. The monoisotopic (exact) mass is 816 g/mol. The molecule has 56 heavy (non-hydrogen) atoms. The van der Waals surface area contributed by atoms with Gasteiger partial charge in [0.25, 0.3) is 0 Å². The first-order valence-corrected chi connectivity index (χ1v) is 24.8. The fourth-order valence-electron chi connectivity index (χ4n) is 6.75. The van der Waals surface area contributed by atoms with Crippen LogP contribution >= 0.6 is 7.82 Å². The van der Waals surface area contributed by atoms with Crippen LogP contribution in [0.3, 0.4) is 0 Å². The lowest BCUT2D eigenvalue weighted by atomic mass is 10.0. The topological polar surface area (TPSA) is 125 Å². The number of quaternary nitrogens is 1. The van der Waals surface area contributed by atoms with E-state index < -0.39 is 32.7 Å². The molecule has 0 heterocycles. The molecule has 0 fully saturated rings. The van der Waals surface area contributed by atoms with Gasteiger partial charge in [0.05, 0.1) is 39.9 Å². The van der Waals surface area contributed by atoms with Crippen molar-refractivity contribution in [2.45, 2.75) is 225 Å². The third kappa shape index (κ3) is 38.5. The molecule has 0 rings (SSSR count). The lowest BCUT2D eigenvalue weighted by Crippen LogP contribution is -2.51. The van der Waals surface area contributed by atoms with Gasteiger partial charge in [0.15, 0.2) is 0 Å². The lowest BCUT2D eigenvalue weighted by Gasteiger charge is -2.28. The highest BCUT2D eigenvalue weighted by atomic mass is 31.2. The Morgan fingerprint density at radius 1 is 0.607 bits per heavy atom. The maximum absolute atomic E-state index is 12.9. The number of aliphatic hydroxyl groups is 2. The largest absolute Gasteiger partial charge is 0.472 e. The third-order valence-corrected chi connectivity index (χ3v) is 11.5. The molecule has 1 amide bonds. The van der Waals surface area contributed by atoms with E-state index in [2.05, 4.69) is 43.5 Å². The van der Waals surface area contributed by atoms with Gasteiger partial charge in [-0.3, -0.25) is 13.8 Å². The molecule has 4 unspecified atom stereocenters. The Balaban J connectivity index is 4.42. The van der Waals surface area contributed by atoms with Crippen LogP contribution in [-0.4, -0.2) is 84.6 Å². The number of phosphoric ester groups is 1. The van der Waals surface area contributed by atoms with Gasteiger partial charge in [-0.2, -0.15) is 0 Å². The Morgan fingerprint density at radius 3 is 1.48 bits per heavy atom. The first-order chi connectivity index (χ1) is 26.9. The maximum atomic E-state index is 12.9. The summed E-state index contributed by atoms with van der Waals surface area (Å²) in [5, 5.41) is 24.6. The molecule has 0 radical (unpaired) electrons. The number of phosphoric acid groups is 1. The molecule has 0 spiro atoms. The van der Waals surface area contributed by atoms with Crippen LogP contribution in [0.4, 0.5) is 0 Å². The number of nitrogens with one attached hydrogen (secondary N) is 1. The van der Waals surface area contributed by atoms with Crippen molar-refractivity contribution in [3.8, 4) is 0 Å². The molecule has 0 aromatic heterocycles. The fourth-order valence-corrected chi connectivity index (χ4v) is 7.48. The second-order valence-corrected chi connectivity index (χ2v) is 18.7. The summed E-state index contributed by atoms with van der Waals surface area (Å²) in [5.41, 5.74) is 0. The molecule has 0 bridgehead atoms. The molecule has 332 valence electrons. The number of aliphatic hydroxyl groups excluding tert-OH is 2. The molecule has 10 heteroatoms. The van der Waals surface area contributed by atoms with Gasteiger partial charge in [-0.05, 0) is 51.4 Å². The molecule has 0 saturated heterocycles. The minimum absolute atomic E-state index is 0.0156. The number of nitrogens with zero attached hydrogens (tertiary/aromatic N) is 1. The second kappa shape index (κ2) is 38.2. The summed E-state index contributed by atoms with van der Waals surface area (Å²) in [6.45, 7) is 4.55. The molecule has 0 aromatic carbocycles. The molecule has 4 atom stereocenters. The zero-order chi connectivity index (χ0) is 41.6. The summed E-state index contributed by atoms with van der Waals surface area (Å²) in [6, 6.07) is -1.05. The standard InChI is InChI=1S/C46H91N2O7P/c1-6-8-10-12-14-16-18-20-21-22-23-24-25-26-27-29-31-33-35-37-39-45(50)47-43(42-55-56(52,53)54-41-40-48(3,4)5)46(51)44(49)38-36-34-32-30-28-19-17-15-13-11-9-7-2/h15,17,30,32,43-44,46,49,51H,6-14,16,18-29,31,33-42H2,1-5H3,(H-,47,50,52,53)/p+1/b17-15+,32-30+. The van der Waals surface area contributed by atoms with E-state index in [0.717, 1.165) is 44.9 Å². The maximum Gasteiger partial charge on any atom is 0.472 e. The van der Waals surface area contributed by atoms with Crippen molar-refractivity contribution < 1.29 is 38.0 Å². The predicted octanol–water partition coefficient (Wildman–Crippen LogP) is 11.9. The minimum Gasteiger partial charge on any atom is -0.390 e. The van der Waals surface area contributed by atoms with E-state index in [-0.39, 0.29) is 18.9 Å². The number of hydrogen-bond donors (Lipinski definition) is 4. The van der Waals surface area contributed by atoms with Crippen LogP contribution in [0.15, 0.2) is 24.3 Å². The summed E-state index contributed by atoms with van der Waals surface area (Å²) in [4.78, 5) is 23.2. The van der Waals surface area contributed by atoms with E-state index in [1.165, 1.54) is 128 Å². The molecular weight excluding hydrogens is 723 g/mol. The molecule has 0 aliphatic rings. The Labute approximate surface area is 346 Å². The van der Waals surface area contributed by atoms with Crippen molar-refractivity contribution in [1.29, 1.82) is 0 Å². The van der Waals surface area contributed by atoms with E-state index in [1.807, 2.05) is 21.1 Å². The lowest BCUT2D eigenvalue weighted by molar-refractivity contribution is -0.870. The van der Waals surface area contributed by atoms with Crippen molar-refractivity contribution in [2.75, 3.05) is 40.9 Å². The predicted molar refractivity (Wildman–Crippen MR) is 237 cm³/mol. The second-order valence-electron chi connectivity index (χ2n) is 17.3.